The van der Waals surface area contributed by atoms with E-state index in [-0.39, 0.29) is 11.3 Å². The first kappa shape index (κ1) is 25.5. The summed E-state index contributed by atoms with van der Waals surface area (Å²) in [5.74, 6) is -0.688. The van der Waals surface area contributed by atoms with E-state index in [0.29, 0.717) is 30.3 Å². The van der Waals surface area contributed by atoms with Crippen LogP contribution in [0.2, 0.25) is 0 Å². The number of imide groups is 2. The lowest BCUT2D eigenvalue weighted by molar-refractivity contribution is -0.122. The molecule has 1 N–H and O–H groups in total. The van der Waals surface area contributed by atoms with Crippen LogP contribution in [0.5, 0.6) is 11.5 Å². The van der Waals surface area contributed by atoms with Gasteiger partial charge in [0.05, 0.1) is 18.9 Å². The van der Waals surface area contributed by atoms with Crippen molar-refractivity contribution >= 4 is 52.2 Å². The summed E-state index contributed by atoms with van der Waals surface area (Å²) in [6.07, 6.45) is 1.52. The van der Waals surface area contributed by atoms with E-state index in [2.05, 4.69) is 38.5 Å². The topological polar surface area (TPSA) is 89.9 Å². The van der Waals surface area contributed by atoms with Crippen LogP contribution in [-0.4, -0.2) is 35.6 Å². The molecule has 0 radical (unpaired) electrons. The van der Waals surface area contributed by atoms with Crippen LogP contribution in [0.25, 0.3) is 11.8 Å². The van der Waals surface area contributed by atoms with Crippen LogP contribution in [0.1, 0.15) is 30.8 Å². The number of rotatable bonds is 7. The molecule has 0 saturated carbocycles. The number of nitrogens with one attached hydrogen (secondary N) is 1. The minimum absolute atomic E-state index is 0.151. The molecule has 2 aromatic carbocycles. The highest BCUT2D eigenvalue weighted by Crippen LogP contribution is 2.35. The van der Waals surface area contributed by atoms with Gasteiger partial charge in [0.2, 0.25) is 0 Å². The largest absolute Gasteiger partial charge is 0.494 e. The Morgan fingerprint density at radius 3 is 2.42 bits per heavy atom. The van der Waals surface area contributed by atoms with Gasteiger partial charge in [-0.2, -0.15) is 0 Å². The average molecular weight is 599 g/mol. The third-order valence-corrected chi connectivity index (χ3v) is 6.39. The number of hydrogen-bond donors (Lipinski definition) is 1. The molecule has 1 aliphatic rings. The normalized spacial score (nSPS) is 14.9. The second kappa shape index (κ2) is 10.6. The van der Waals surface area contributed by atoms with Crippen molar-refractivity contribution in [1.29, 1.82) is 0 Å². The molecule has 1 fully saturated rings. The zero-order valence-corrected chi connectivity index (χ0v) is 22.6. The maximum Gasteiger partial charge on any atom is 0.336 e. The molecule has 8 nitrogen and oxygen atoms in total. The number of aromatic nitrogens is 1. The summed E-state index contributed by atoms with van der Waals surface area (Å²) < 4.78 is 14.4. The number of ether oxygens (including phenoxy) is 2. The molecule has 2 heterocycles. The van der Waals surface area contributed by atoms with Crippen molar-refractivity contribution in [3.05, 3.63) is 74.6 Å². The number of barbiturate groups is 1. The summed E-state index contributed by atoms with van der Waals surface area (Å²) in [5.41, 5.74) is 3.54. The van der Waals surface area contributed by atoms with E-state index in [0.717, 1.165) is 25.5 Å². The molecule has 3 aromatic rings. The number of hydrogen-bond acceptors (Lipinski definition) is 5. The molecule has 0 aliphatic carbocycles. The highest BCUT2D eigenvalue weighted by molar-refractivity contribution is 14.1. The van der Waals surface area contributed by atoms with Crippen LogP contribution in [0, 0.1) is 17.4 Å². The second-order valence-corrected chi connectivity index (χ2v) is 9.34. The summed E-state index contributed by atoms with van der Waals surface area (Å²) in [4.78, 5) is 40.1. The van der Waals surface area contributed by atoms with E-state index in [1.807, 2.05) is 45.0 Å². The van der Waals surface area contributed by atoms with E-state index < -0.39 is 17.8 Å². The summed E-state index contributed by atoms with van der Waals surface area (Å²) in [7, 11) is 0. The molecule has 4 rings (SSSR count). The number of anilines is 1. The third kappa shape index (κ3) is 4.88. The van der Waals surface area contributed by atoms with Crippen molar-refractivity contribution < 1.29 is 23.9 Å². The Morgan fingerprint density at radius 1 is 0.972 bits per heavy atom. The van der Waals surface area contributed by atoms with E-state index >= 15 is 0 Å². The molecule has 0 unspecified atom stereocenters. The number of halogens is 1. The van der Waals surface area contributed by atoms with Crippen molar-refractivity contribution in [2.24, 2.45) is 0 Å². The second-order valence-electron chi connectivity index (χ2n) is 8.10. The first-order chi connectivity index (χ1) is 17.2. The first-order valence-electron chi connectivity index (χ1n) is 11.5. The summed E-state index contributed by atoms with van der Waals surface area (Å²) >= 11 is 2.26. The highest BCUT2D eigenvalue weighted by Gasteiger charge is 2.38. The van der Waals surface area contributed by atoms with E-state index in [9.17, 15) is 14.4 Å². The fourth-order valence-corrected chi connectivity index (χ4v) is 4.71. The van der Waals surface area contributed by atoms with Crippen molar-refractivity contribution in [2.75, 3.05) is 18.1 Å². The smallest absolute Gasteiger partial charge is 0.336 e. The predicted molar refractivity (Wildman–Crippen MR) is 146 cm³/mol. The Morgan fingerprint density at radius 2 is 1.72 bits per heavy atom. The zero-order chi connectivity index (χ0) is 26.0. The van der Waals surface area contributed by atoms with Crippen LogP contribution < -0.4 is 19.7 Å². The highest BCUT2D eigenvalue weighted by atomic mass is 127. The molecule has 4 amide bonds. The number of urea groups is 1. The van der Waals surface area contributed by atoms with Gasteiger partial charge in [0.15, 0.2) is 0 Å². The Labute approximate surface area is 223 Å². The number of benzene rings is 2. The van der Waals surface area contributed by atoms with Crippen LogP contribution in [0.15, 0.2) is 54.1 Å². The lowest BCUT2D eigenvalue weighted by Crippen LogP contribution is -2.54. The molecule has 0 spiro atoms. The molecule has 9 heteroatoms. The molecule has 1 saturated heterocycles. The van der Waals surface area contributed by atoms with E-state index in [1.54, 1.807) is 25.1 Å². The lowest BCUT2D eigenvalue weighted by Gasteiger charge is -2.28. The molecule has 36 heavy (non-hydrogen) atoms. The fourth-order valence-electron chi connectivity index (χ4n) is 4.18. The van der Waals surface area contributed by atoms with Gasteiger partial charge in [0.25, 0.3) is 11.8 Å². The van der Waals surface area contributed by atoms with Crippen LogP contribution >= 0.6 is 22.6 Å². The van der Waals surface area contributed by atoms with Gasteiger partial charge in [-0.15, -0.1) is 0 Å². The maximum atomic E-state index is 13.6. The number of nitrogens with zero attached hydrogens (tertiary/aromatic N) is 2. The summed E-state index contributed by atoms with van der Waals surface area (Å²) in [6.45, 7) is 8.26. The van der Waals surface area contributed by atoms with Gasteiger partial charge >= 0.3 is 6.03 Å². The minimum Gasteiger partial charge on any atom is -0.494 e. The van der Waals surface area contributed by atoms with Crippen molar-refractivity contribution in [2.45, 2.75) is 27.7 Å². The quantitative estimate of drug-likeness (QED) is 0.230. The van der Waals surface area contributed by atoms with E-state index in [4.69, 9.17) is 9.47 Å². The molecule has 186 valence electrons. The van der Waals surface area contributed by atoms with Gasteiger partial charge in [0, 0.05) is 26.7 Å². The number of aryl methyl sites for hydroxylation is 1. The van der Waals surface area contributed by atoms with Crippen molar-refractivity contribution in [3.8, 4) is 17.2 Å². The number of carbonyl (C=O) groups is 3. The third-order valence-electron chi connectivity index (χ3n) is 5.72. The molecule has 0 bridgehead atoms. The Balaban J connectivity index is 1.78. The van der Waals surface area contributed by atoms with Crippen LogP contribution in [0.4, 0.5) is 10.5 Å². The minimum atomic E-state index is -0.846. The standard InChI is InChI=1S/C27H26IN3O5/c1-5-35-21-10-11-24(36-6-2)23(15-21)31-26(33)22(25(32)29-27(31)34)13-18-12-16(3)30(17(18)4)20-9-7-8-19(28)14-20/h7-15H,5-6H2,1-4H3,(H,29,32,34)/b22-13+. The van der Waals surface area contributed by atoms with E-state index in [1.165, 1.54) is 6.08 Å². The van der Waals surface area contributed by atoms with Crippen LogP contribution in [-0.2, 0) is 9.59 Å². The zero-order valence-electron chi connectivity index (χ0n) is 20.4. The van der Waals surface area contributed by atoms with Gasteiger partial charge in [-0.3, -0.25) is 14.9 Å². The predicted octanol–water partition coefficient (Wildman–Crippen LogP) is 5.16. The van der Waals surface area contributed by atoms with Crippen LogP contribution in [0.3, 0.4) is 0 Å². The average Bonchev–Trinajstić information content (AvgIpc) is 3.11. The molecule has 1 aromatic heterocycles. The SMILES string of the molecule is CCOc1ccc(OCC)c(N2C(=O)NC(=O)/C(=C\c3cc(C)n(-c4cccc(I)c4)c3C)C2=O)c1. The number of carbonyl (C=O) groups excluding carboxylic acids is 3. The Bertz CT molecular complexity index is 1390. The fraction of sp³-hybridized carbons (Fsp3) is 0.222. The monoisotopic (exact) mass is 599 g/mol. The molecular weight excluding hydrogens is 573 g/mol. The Kier molecular flexibility index (Phi) is 7.48. The molecule has 0 atom stereocenters. The van der Waals surface area contributed by atoms with Gasteiger partial charge < -0.3 is 14.0 Å². The van der Waals surface area contributed by atoms with Crippen molar-refractivity contribution in [1.82, 2.24) is 9.88 Å². The van der Waals surface area contributed by atoms with Gasteiger partial charge in [-0.1, -0.05) is 6.07 Å². The molecule has 1 aliphatic heterocycles. The lowest BCUT2D eigenvalue weighted by atomic mass is 10.1. The van der Waals surface area contributed by atoms with Crippen molar-refractivity contribution in [3.63, 3.8) is 0 Å². The Hall–Kier alpha value is -3.60. The van der Waals surface area contributed by atoms with Gasteiger partial charge in [0.1, 0.15) is 17.1 Å². The first-order valence-corrected chi connectivity index (χ1v) is 12.6. The maximum absolute atomic E-state index is 13.6. The molecular formula is C27H26IN3O5. The summed E-state index contributed by atoms with van der Waals surface area (Å²) in [6, 6.07) is 14.0. The van der Waals surface area contributed by atoms with Gasteiger partial charge in [-0.25, -0.2) is 9.69 Å². The van der Waals surface area contributed by atoms with Gasteiger partial charge in [-0.05, 0) is 98.3 Å². The number of amides is 4. The summed E-state index contributed by atoms with van der Waals surface area (Å²) in [5, 5.41) is 2.28.